The number of aliphatic imine (C=N–C) groups is 1. The molecule has 3 rings (SSSR count). The van der Waals surface area contributed by atoms with Crippen molar-refractivity contribution in [2.75, 3.05) is 0 Å². The van der Waals surface area contributed by atoms with E-state index in [0.717, 1.165) is 10.8 Å². The fourth-order valence-electron chi connectivity index (χ4n) is 2.95. The van der Waals surface area contributed by atoms with Crippen molar-refractivity contribution < 1.29 is 9.90 Å². The number of nitrogens with zero attached hydrogens (tertiary/aromatic N) is 1. The highest BCUT2D eigenvalue weighted by Gasteiger charge is 2.18. The Morgan fingerprint density at radius 2 is 1.69 bits per heavy atom. The molecule has 26 heavy (non-hydrogen) atoms. The van der Waals surface area contributed by atoms with Gasteiger partial charge in [0.25, 0.3) is 0 Å². The second kappa shape index (κ2) is 6.56. The van der Waals surface area contributed by atoms with Gasteiger partial charge in [-0.05, 0) is 40.1 Å². The second-order valence-electron chi connectivity index (χ2n) is 5.69. The number of carbonyl (C=O) groups is 1. The van der Waals surface area contributed by atoms with Crippen molar-refractivity contribution in [1.29, 1.82) is 5.41 Å². The predicted molar refractivity (Wildman–Crippen MR) is 103 cm³/mol. The van der Waals surface area contributed by atoms with Gasteiger partial charge in [0, 0.05) is 5.56 Å². The third kappa shape index (κ3) is 3.05. The first-order valence-electron chi connectivity index (χ1n) is 7.72. The molecule has 3 aromatic carbocycles. The Kier molecular flexibility index (Phi) is 4.28. The fourth-order valence-corrected chi connectivity index (χ4v) is 2.95. The average Bonchev–Trinajstić information content (AvgIpc) is 2.59. The predicted octanol–water partition coefficient (Wildman–Crippen LogP) is 2.39. The van der Waals surface area contributed by atoms with E-state index in [1.54, 1.807) is 12.1 Å². The maximum Gasteiger partial charge on any atom is 0.336 e. The Morgan fingerprint density at radius 3 is 2.35 bits per heavy atom. The first kappa shape index (κ1) is 17.0. The van der Waals surface area contributed by atoms with Gasteiger partial charge in [-0.1, -0.05) is 36.4 Å². The molecule has 0 radical (unpaired) electrons. The number of amidine groups is 1. The average molecular weight is 347 g/mol. The number of nitrogen functional groups attached to an aromatic ring is 1. The number of rotatable bonds is 4. The summed E-state index contributed by atoms with van der Waals surface area (Å²) in [6.45, 7) is 0. The molecule has 0 bridgehead atoms. The van der Waals surface area contributed by atoms with Crippen molar-refractivity contribution in [2.24, 2.45) is 22.2 Å². The Labute approximate surface area is 149 Å². The zero-order valence-corrected chi connectivity index (χ0v) is 13.7. The molecule has 0 aliphatic heterocycles. The summed E-state index contributed by atoms with van der Waals surface area (Å²) in [7, 11) is 0. The molecule has 0 fully saturated rings. The molecule has 3 aromatic rings. The number of carboxylic acid groups (broad SMARTS) is 1. The molecule has 0 spiro atoms. The van der Waals surface area contributed by atoms with Crippen LogP contribution in [0, 0.1) is 5.41 Å². The maximum absolute atomic E-state index is 11.7. The molecule has 0 saturated carbocycles. The lowest BCUT2D eigenvalue weighted by molar-refractivity contribution is 0.0698. The highest BCUT2D eigenvalue weighted by atomic mass is 16.4. The Hall–Kier alpha value is -3.87. The Balaban J connectivity index is 2.38. The van der Waals surface area contributed by atoms with Crippen LogP contribution < -0.4 is 17.2 Å². The van der Waals surface area contributed by atoms with Gasteiger partial charge < -0.3 is 22.3 Å². The van der Waals surface area contributed by atoms with Crippen LogP contribution >= 0.6 is 0 Å². The molecule has 0 saturated heterocycles. The number of guanidine groups is 1. The smallest absolute Gasteiger partial charge is 0.336 e. The van der Waals surface area contributed by atoms with Crippen LogP contribution in [-0.4, -0.2) is 22.9 Å². The van der Waals surface area contributed by atoms with Crippen LogP contribution in [0.5, 0.6) is 0 Å². The Bertz CT molecular complexity index is 1070. The van der Waals surface area contributed by atoms with Gasteiger partial charge >= 0.3 is 5.97 Å². The number of aromatic carboxylic acids is 1. The molecule has 0 aliphatic carbocycles. The minimum atomic E-state index is -1.10. The summed E-state index contributed by atoms with van der Waals surface area (Å²) < 4.78 is 0. The van der Waals surface area contributed by atoms with E-state index in [1.165, 1.54) is 12.1 Å². The molecule has 0 heterocycles. The number of hydrogen-bond acceptors (Lipinski definition) is 3. The van der Waals surface area contributed by atoms with Crippen molar-refractivity contribution in [3.8, 4) is 11.1 Å². The van der Waals surface area contributed by atoms with E-state index in [0.29, 0.717) is 22.4 Å². The topological polar surface area (TPSA) is 152 Å². The number of nitrogens with one attached hydrogen (secondary N) is 1. The van der Waals surface area contributed by atoms with E-state index < -0.39 is 5.97 Å². The molecule has 0 atom stereocenters. The molecule has 130 valence electrons. The lowest BCUT2D eigenvalue weighted by Gasteiger charge is -2.15. The summed E-state index contributed by atoms with van der Waals surface area (Å²) in [6, 6.07) is 15.6. The largest absolute Gasteiger partial charge is 0.478 e. The molecule has 0 aromatic heterocycles. The van der Waals surface area contributed by atoms with Crippen molar-refractivity contribution >= 4 is 34.2 Å². The zero-order chi connectivity index (χ0) is 18.8. The van der Waals surface area contributed by atoms with Gasteiger partial charge in [-0.3, -0.25) is 5.41 Å². The molecule has 7 nitrogen and oxygen atoms in total. The number of hydrogen-bond donors (Lipinski definition) is 5. The van der Waals surface area contributed by atoms with E-state index in [9.17, 15) is 9.90 Å². The Morgan fingerprint density at radius 1 is 0.962 bits per heavy atom. The van der Waals surface area contributed by atoms with Gasteiger partial charge in [0.2, 0.25) is 0 Å². The highest BCUT2D eigenvalue weighted by Crippen LogP contribution is 2.34. The summed E-state index contributed by atoms with van der Waals surface area (Å²) in [5.74, 6) is -1.39. The van der Waals surface area contributed by atoms with Gasteiger partial charge in [0.05, 0.1) is 11.3 Å². The lowest BCUT2D eigenvalue weighted by atomic mass is 9.90. The van der Waals surface area contributed by atoms with Gasteiger partial charge in [-0.25, -0.2) is 9.79 Å². The zero-order valence-electron chi connectivity index (χ0n) is 13.7. The van der Waals surface area contributed by atoms with Crippen LogP contribution in [0.3, 0.4) is 0 Å². The number of benzene rings is 3. The van der Waals surface area contributed by atoms with Crippen LogP contribution in [0.1, 0.15) is 15.9 Å². The normalized spacial score (nSPS) is 10.5. The molecule has 8 N–H and O–H groups in total. The standard InChI is InChI=1S/C19H17N5O2/c20-17(21)16-12-4-2-1-3-10(12)5-7-13(16)15-9-11(24-19(22)23)6-8-14(15)18(25)26/h1-9H,(H3,20,21)(H,25,26)(H4,22,23,24). The van der Waals surface area contributed by atoms with E-state index >= 15 is 0 Å². The number of carboxylic acids is 1. The first-order valence-corrected chi connectivity index (χ1v) is 7.72. The van der Waals surface area contributed by atoms with Crippen molar-refractivity contribution in [2.45, 2.75) is 0 Å². The van der Waals surface area contributed by atoms with Crippen molar-refractivity contribution in [1.82, 2.24) is 0 Å². The van der Waals surface area contributed by atoms with Crippen LogP contribution in [0.2, 0.25) is 0 Å². The molecular weight excluding hydrogens is 330 g/mol. The molecule has 7 heteroatoms. The van der Waals surface area contributed by atoms with E-state index in [4.69, 9.17) is 22.6 Å². The van der Waals surface area contributed by atoms with Crippen LogP contribution in [0.15, 0.2) is 59.6 Å². The molecule has 0 amide bonds. The van der Waals surface area contributed by atoms with Gasteiger partial charge in [-0.2, -0.15) is 0 Å². The van der Waals surface area contributed by atoms with Crippen LogP contribution in [0.4, 0.5) is 5.69 Å². The minimum absolute atomic E-state index is 0.0670. The number of nitrogens with two attached hydrogens (primary N) is 3. The highest BCUT2D eigenvalue weighted by molar-refractivity contribution is 6.14. The summed E-state index contributed by atoms with van der Waals surface area (Å²) >= 11 is 0. The third-order valence-electron chi connectivity index (χ3n) is 3.98. The molecule has 0 aliphatic rings. The van der Waals surface area contributed by atoms with Gasteiger partial charge in [-0.15, -0.1) is 0 Å². The summed E-state index contributed by atoms with van der Waals surface area (Å²) in [6.07, 6.45) is 0. The van der Waals surface area contributed by atoms with E-state index in [2.05, 4.69) is 4.99 Å². The third-order valence-corrected chi connectivity index (χ3v) is 3.98. The monoisotopic (exact) mass is 347 g/mol. The van der Waals surface area contributed by atoms with Crippen molar-refractivity contribution in [3.05, 3.63) is 65.7 Å². The second-order valence-corrected chi connectivity index (χ2v) is 5.69. The van der Waals surface area contributed by atoms with E-state index in [1.807, 2.05) is 30.3 Å². The van der Waals surface area contributed by atoms with Crippen LogP contribution in [0.25, 0.3) is 21.9 Å². The maximum atomic E-state index is 11.7. The van der Waals surface area contributed by atoms with E-state index in [-0.39, 0.29) is 17.4 Å². The quantitative estimate of drug-likeness (QED) is 0.362. The summed E-state index contributed by atoms with van der Waals surface area (Å²) in [5.41, 5.74) is 18.5. The van der Waals surface area contributed by atoms with Gasteiger partial charge in [0.1, 0.15) is 5.84 Å². The van der Waals surface area contributed by atoms with Crippen LogP contribution in [-0.2, 0) is 0 Å². The lowest BCUT2D eigenvalue weighted by Crippen LogP contribution is -2.21. The molecule has 0 unspecified atom stereocenters. The first-order chi connectivity index (χ1) is 12.4. The summed E-state index contributed by atoms with van der Waals surface area (Å²) in [5, 5.41) is 19.3. The molecular formula is C19H17N5O2. The summed E-state index contributed by atoms with van der Waals surface area (Å²) in [4.78, 5) is 15.7. The SMILES string of the molecule is N=C(N)c1c(-c2cc(N=C(N)N)ccc2C(=O)O)ccc2ccccc12. The minimum Gasteiger partial charge on any atom is -0.478 e. The van der Waals surface area contributed by atoms with Gasteiger partial charge in [0.15, 0.2) is 5.96 Å². The fraction of sp³-hybridized carbons (Fsp3) is 0. The number of fused-ring (bicyclic) bond motifs is 1. The van der Waals surface area contributed by atoms with Crippen molar-refractivity contribution in [3.63, 3.8) is 0 Å².